The van der Waals surface area contributed by atoms with E-state index in [2.05, 4.69) is 9.97 Å². The van der Waals surface area contributed by atoms with Crippen LogP contribution in [0.3, 0.4) is 0 Å². The van der Waals surface area contributed by atoms with E-state index in [9.17, 15) is 13.2 Å². The van der Waals surface area contributed by atoms with Gasteiger partial charge < -0.3 is 19.9 Å². The first kappa shape index (κ1) is 26.9. The number of amides is 1. The summed E-state index contributed by atoms with van der Waals surface area (Å²) in [7, 11) is -4.32. The first-order valence-corrected chi connectivity index (χ1v) is 14.1. The fourth-order valence-corrected chi connectivity index (χ4v) is 5.35. The van der Waals surface area contributed by atoms with Gasteiger partial charge in [0, 0.05) is 12.0 Å². The first-order valence-electron chi connectivity index (χ1n) is 12.6. The van der Waals surface area contributed by atoms with Gasteiger partial charge in [-0.3, -0.25) is 4.79 Å². The van der Waals surface area contributed by atoms with Crippen LogP contribution in [0.2, 0.25) is 0 Å². The van der Waals surface area contributed by atoms with Gasteiger partial charge >= 0.3 is 0 Å². The van der Waals surface area contributed by atoms with Crippen LogP contribution in [0.1, 0.15) is 33.5 Å². The van der Waals surface area contributed by atoms with Crippen molar-refractivity contribution in [2.45, 2.75) is 32.2 Å². The highest BCUT2D eigenvalue weighted by Gasteiger charge is 2.25. The predicted octanol–water partition coefficient (Wildman–Crippen LogP) is 4.72. The van der Waals surface area contributed by atoms with Gasteiger partial charge in [-0.05, 0) is 74.4 Å². The largest absolute Gasteiger partial charge is 0.490 e. The summed E-state index contributed by atoms with van der Waals surface area (Å²) in [6, 6.07) is 16.6. The number of nitrogens with zero attached hydrogens (tertiary/aromatic N) is 2. The van der Waals surface area contributed by atoms with Gasteiger partial charge in [0.05, 0.1) is 18.9 Å². The number of nitrogens with two attached hydrogens (primary N) is 1. The normalized spacial score (nSPS) is 12.9. The third-order valence-electron chi connectivity index (χ3n) is 6.20. The molecule has 0 saturated heterocycles. The van der Waals surface area contributed by atoms with E-state index in [1.807, 2.05) is 49.8 Å². The van der Waals surface area contributed by atoms with Crippen molar-refractivity contribution in [3.63, 3.8) is 0 Å². The molecule has 4 aromatic rings. The number of hydrogen-bond acceptors (Lipinski definition) is 9. The maximum atomic E-state index is 13.3. The van der Waals surface area contributed by atoms with Gasteiger partial charge in [0.1, 0.15) is 17.1 Å². The molecule has 0 fully saturated rings. The summed E-state index contributed by atoms with van der Waals surface area (Å²) < 4.78 is 45.6. The van der Waals surface area contributed by atoms with Crippen LogP contribution in [0.15, 0.2) is 65.7 Å². The van der Waals surface area contributed by atoms with Crippen LogP contribution in [0, 0.1) is 20.8 Å². The molecule has 5 rings (SSSR count). The minimum absolute atomic E-state index is 0.00539. The van der Waals surface area contributed by atoms with Gasteiger partial charge in [0.15, 0.2) is 16.5 Å². The molecule has 2 aromatic carbocycles. The second-order valence-electron chi connectivity index (χ2n) is 9.43. The number of benzene rings is 2. The fraction of sp³-hybridized carbons (Fsp3) is 0.207. The molecule has 3 heterocycles. The van der Waals surface area contributed by atoms with Crippen LogP contribution in [0.5, 0.6) is 23.1 Å². The number of nitrogen functional groups attached to an aromatic ring is 1. The molecule has 1 aliphatic rings. The summed E-state index contributed by atoms with van der Waals surface area (Å²) in [5, 5.41) is -0.384. The van der Waals surface area contributed by atoms with Gasteiger partial charge in [0.25, 0.3) is 15.9 Å². The SMILES string of the molecule is Cc1cc(C)c(Oc2nc(-c3ccc4c(c3)OCCCO4)ccc2C(=O)NS(=O)(=O)c2cccc(N)n2)c(C)c1. The van der Waals surface area contributed by atoms with E-state index in [-0.39, 0.29) is 22.3 Å². The molecule has 2 aromatic heterocycles. The number of ether oxygens (including phenoxy) is 3. The van der Waals surface area contributed by atoms with Gasteiger partial charge in [0.2, 0.25) is 5.88 Å². The van der Waals surface area contributed by atoms with Crippen molar-refractivity contribution in [1.29, 1.82) is 0 Å². The van der Waals surface area contributed by atoms with Crippen molar-refractivity contribution < 1.29 is 27.4 Å². The Morgan fingerprint density at radius 2 is 1.65 bits per heavy atom. The summed E-state index contributed by atoms with van der Waals surface area (Å²) in [4.78, 5) is 21.8. The molecule has 0 saturated carbocycles. The van der Waals surface area contributed by atoms with Crippen molar-refractivity contribution in [2.24, 2.45) is 0 Å². The minimum atomic E-state index is -4.32. The lowest BCUT2D eigenvalue weighted by Crippen LogP contribution is -2.31. The Morgan fingerprint density at radius 1 is 0.925 bits per heavy atom. The average molecular weight is 561 g/mol. The zero-order valence-corrected chi connectivity index (χ0v) is 23.0. The zero-order valence-electron chi connectivity index (χ0n) is 22.2. The summed E-state index contributed by atoms with van der Waals surface area (Å²) in [6.45, 7) is 6.84. The van der Waals surface area contributed by atoms with Crippen LogP contribution in [0.4, 0.5) is 5.82 Å². The maximum absolute atomic E-state index is 13.3. The van der Waals surface area contributed by atoms with E-state index in [4.69, 9.17) is 19.9 Å². The van der Waals surface area contributed by atoms with Crippen LogP contribution in [-0.2, 0) is 10.0 Å². The number of rotatable bonds is 6. The van der Waals surface area contributed by atoms with Crippen molar-refractivity contribution in [2.75, 3.05) is 18.9 Å². The van der Waals surface area contributed by atoms with Crippen molar-refractivity contribution >= 4 is 21.7 Å². The highest BCUT2D eigenvalue weighted by Crippen LogP contribution is 2.36. The molecule has 206 valence electrons. The Balaban J connectivity index is 1.56. The van der Waals surface area contributed by atoms with E-state index in [0.29, 0.717) is 41.7 Å². The van der Waals surface area contributed by atoms with E-state index in [1.165, 1.54) is 24.3 Å². The molecule has 0 radical (unpaired) electrons. The number of aromatic nitrogens is 2. The summed E-state index contributed by atoms with van der Waals surface area (Å²) in [5.74, 6) is 0.758. The van der Waals surface area contributed by atoms with Crippen molar-refractivity contribution in [1.82, 2.24) is 14.7 Å². The molecule has 0 unspecified atom stereocenters. The number of hydrogen-bond donors (Lipinski definition) is 2. The maximum Gasteiger partial charge on any atom is 0.281 e. The van der Waals surface area contributed by atoms with Gasteiger partial charge in [-0.25, -0.2) is 14.7 Å². The molecule has 40 heavy (non-hydrogen) atoms. The highest BCUT2D eigenvalue weighted by atomic mass is 32.2. The number of nitrogens with one attached hydrogen (secondary N) is 1. The third kappa shape index (κ3) is 5.69. The highest BCUT2D eigenvalue weighted by molar-refractivity contribution is 7.90. The van der Waals surface area contributed by atoms with Crippen molar-refractivity contribution in [3.05, 3.63) is 82.9 Å². The predicted molar refractivity (Wildman–Crippen MR) is 149 cm³/mol. The monoisotopic (exact) mass is 560 g/mol. The number of carbonyl (C=O) groups is 1. The van der Waals surface area contributed by atoms with Crippen LogP contribution < -0.4 is 24.7 Å². The standard InChI is InChI=1S/C29H28N4O6S/c1-17-14-18(2)27(19(3)15-17)39-29-21(28(34)33-40(35,36)26-7-4-6-25(30)32-26)9-10-22(31-29)20-8-11-23-24(16-20)38-13-5-12-37-23/h4,6-11,14-16H,5,12-13H2,1-3H3,(H2,30,32)(H,33,34). The van der Waals surface area contributed by atoms with Gasteiger partial charge in [-0.15, -0.1) is 0 Å². The molecule has 0 aliphatic carbocycles. The topological polar surface area (TPSA) is 143 Å². The third-order valence-corrected chi connectivity index (χ3v) is 7.43. The summed E-state index contributed by atoms with van der Waals surface area (Å²) in [6.07, 6.45) is 0.771. The summed E-state index contributed by atoms with van der Waals surface area (Å²) in [5.41, 5.74) is 9.47. The number of pyridine rings is 2. The zero-order chi connectivity index (χ0) is 28.4. The Bertz CT molecular complexity index is 1700. The molecule has 0 bridgehead atoms. The number of anilines is 1. The number of aryl methyl sites for hydroxylation is 3. The number of carbonyl (C=O) groups excluding carboxylic acids is 1. The van der Waals surface area contributed by atoms with Crippen molar-refractivity contribution in [3.8, 4) is 34.4 Å². The van der Waals surface area contributed by atoms with Crippen LogP contribution in [0.25, 0.3) is 11.3 Å². The van der Waals surface area contributed by atoms with E-state index in [1.54, 1.807) is 12.1 Å². The van der Waals surface area contributed by atoms with Gasteiger partial charge in [-0.2, -0.15) is 8.42 Å². The molecule has 11 heteroatoms. The average Bonchev–Trinajstić information content (AvgIpc) is 3.15. The molecule has 0 atom stereocenters. The van der Waals surface area contributed by atoms with Crippen LogP contribution in [-0.4, -0.2) is 37.5 Å². The lowest BCUT2D eigenvalue weighted by atomic mass is 10.1. The second-order valence-corrected chi connectivity index (χ2v) is 11.1. The lowest BCUT2D eigenvalue weighted by molar-refractivity contribution is 0.0978. The smallest absolute Gasteiger partial charge is 0.281 e. The first-order chi connectivity index (χ1) is 19.1. The Labute approximate surface area is 232 Å². The van der Waals surface area contributed by atoms with E-state index >= 15 is 0 Å². The quantitative estimate of drug-likeness (QED) is 0.342. The Kier molecular flexibility index (Phi) is 7.31. The fourth-order valence-electron chi connectivity index (χ4n) is 4.41. The second kappa shape index (κ2) is 10.9. The molecule has 10 nitrogen and oxygen atoms in total. The molecule has 0 spiro atoms. The summed E-state index contributed by atoms with van der Waals surface area (Å²) >= 11 is 0. The molecule has 1 aliphatic heterocycles. The number of sulfonamides is 1. The minimum Gasteiger partial charge on any atom is -0.490 e. The molecular formula is C29H28N4O6S. The van der Waals surface area contributed by atoms with Gasteiger partial charge in [-0.1, -0.05) is 23.8 Å². The Morgan fingerprint density at radius 3 is 2.38 bits per heavy atom. The van der Waals surface area contributed by atoms with E-state index in [0.717, 1.165) is 23.1 Å². The Hall–Kier alpha value is -4.64. The lowest BCUT2D eigenvalue weighted by Gasteiger charge is -2.16. The molecule has 3 N–H and O–H groups in total. The van der Waals surface area contributed by atoms with Crippen LogP contribution >= 0.6 is 0 Å². The molecule has 1 amide bonds. The van der Waals surface area contributed by atoms with E-state index < -0.39 is 15.9 Å². The molecular weight excluding hydrogens is 532 g/mol. The number of fused-ring (bicyclic) bond motifs is 1.